The van der Waals surface area contributed by atoms with Crippen LogP contribution in [0.1, 0.15) is 25.0 Å². The van der Waals surface area contributed by atoms with E-state index in [1.165, 1.54) is 13.2 Å². The number of methoxy groups -OCH3 is 1. The summed E-state index contributed by atoms with van der Waals surface area (Å²) < 4.78 is 10.8. The molecule has 1 amide bonds. The number of halogens is 1. The summed E-state index contributed by atoms with van der Waals surface area (Å²) in [5, 5.41) is 12.6. The fourth-order valence-corrected chi connectivity index (χ4v) is 2.84. The largest absolute Gasteiger partial charge is 0.493 e. The summed E-state index contributed by atoms with van der Waals surface area (Å²) in [5.74, 6) is 0.380. The molecule has 0 aliphatic rings. The van der Waals surface area contributed by atoms with Gasteiger partial charge in [0.2, 0.25) is 0 Å². The first-order chi connectivity index (χ1) is 13.0. The quantitative estimate of drug-likeness (QED) is 0.546. The molecular formula is C21H21ClN2O3. The Balaban J connectivity index is 2.34. The second-order valence-corrected chi connectivity index (χ2v) is 6.01. The van der Waals surface area contributed by atoms with Gasteiger partial charge in [0.15, 0.2) is 11.5 Å². The maximum Gasteiger partial charge on any atom is 0.266 e. The molecule has 0 fully saturated rings. The average molecular weight is 385 g/mol. The fraction of sp³-hybridized carbons (Fsp3) is 0.238. The Morgan fingerprint density at radius 1 is 1.30 bits per heavy atom. The van der Waals surface area contributed by atoms with Crippen LogP contribution in [0.25, 0.3) is 6.08 Å². The van der Waals surface area contributed by atoms with Crippen molar-refractivity contribution in [3.63, 3.8) is 0 Å². The van der Waals surface area contributed by atoms with Crippen LogP contribution in [0.15, 0.2) is 42.0 Å². The number of carbonyl (C=O) groups excluding carboxylic acids is 1. The molecule has 6 heteroatoms. The summed E-state index contributed by atoms with van der Waals surface area (Å²) >= 11 is 6.25. The number of ether oxygens (including phenoxy) is 2. The summed E-state index contributed by atoms with van der Waals surface area (Å²) in [6.45, 7) is 4.28. The molecule has 0 aromatic heterocycles. The minimum absolute atomic E-state index is 0.0387. The van der Waals surface area contributed by atoms with Gasteiger partial charge in [0.1, 0.15) is 11.6 Å². The van der Waals surface area contributed by atoms with Gasteiger partial charge in [0.25, 0.3) is 5.91 Å². The van der Waals surface area contributed by atoms with Crippen molar-refractivity contribution in [3.05, 3.63) is 58.1 Å². The summed E-state index contributed by atoms with van der Waals surface area (Å²) in [4.78, 5) is 12.5. The third kappa shape index (κ3) is 5.02. The molecule has 0 spiro atoms. The molecular weight excluding hydrogens is 364 g/mol. The van der Waals surface area contributed by atoms with Crippen molar-refractivity contribution in [2.24, 2.45) is 0 Å². The molecule has 2 aromatic carbocycles. The molecule has 2 rings (SSSR count). The van der Waals surface area contributed by atoms with Gasteiger partial charge in [-0.15, -0.1) is 0 Å². The number of anilines is 1. The number of aryl methyl sites for hydroxylation is 1. The molecule has 0 aliphatic carbocycles. The van der Waals surface area contributed by atoms with E-state index in [1.54, 1.807) is 12.1 Å². The first-order valence-electron chi connectivity index (χ1n) is 8.55. The Kier molecular flexibility index (Phi) is 7.27. The number of rotatable bonds is 7. The predicted octanol–water partition coefficient (Wildman–Crippen LogP) is 4.86. The number of nitriles is 1. The fourth-order valence-electron chi connectivity index (χ4n) is 2.56. The van der Waals surface area contributed by atoms with Gasteiger partial charge >= 0.3 is 0 Å². The zero-order valence-corrected chi connectivity index (χ0v) is 16.3. The summed E-state index contributed by atoms with van der Waals surface area (Å²) in [6.07, 6.45) is 2.24. The third-order valence-corrected chi connectivity index (χ3v) is 4.14. The lowest BCUT2D eigenvalue weighted by Gasteiger charge is -2.12. The first-order valence-corrected chi connectivity index (χ1v) is 8.93. The summed E-state index contributed by atoms with van der Waals surface area (Å²) in [6, 6.07) is 12.7. The highest BCUT2D eigenvalue weighted by atomic mass is 35.5. The van der Waals surface area contributed by atoms with E-state index in [2.05, 4.69) is 5.32 Å². The molecule has 140 valence electrons. The number of nitrogens with one attached hydrogen (secondary N) is 1. The van der Waals surface area contributed by atoms with E-state index < -0.39 is 5.91 Å². The van der Waals surface area contributed by atoms with Gasteiger partial charge in [0.05, 0.1) is 18.7 Å². The van der Waals surface area contributed by atoms with E-state index in [9.17, 15) is 10.1 Å². The number of para-hydroxylation sites is 1. The molecule has 0 bridgehead atoms. The Morgan fingerprint density at radius 2 is 2.04 bits per heavy atom. The van der Waals surface area contributed by atoms with Crippen LogP contribution in [-0.4, -0.2) is 19.6 Å². The second-order valence-electron chi connectivity index (χ2n) is 5.60. The molecule has 2 aromatic rings. The molecule has 27 heavy (non-hydrogen) atoms. The smallest absolute Gasteiger partial charge is 0.266 e. The van der Waals surface area contributed by atoms with Crippen LogP contribution in [0.5, 0.6) is 11.5 Å². The van der Waals surface area contributed by atoms with Crippen LogP contribution in [0.3, 0.4) is 0 Å². The van der Waals surface area contributed by atoms with Crippen molar-refractivity contribution in [1.29, 1.82) is 5.26 Å². The minimum Gasteiger partial charge on any atom is -0.493 e. The van der Waals surface area contributed by atoms with Gasteiger partial charge < -0.3 is 14.8 Å². The molecule has 0 saturated carbocycles. The molecule has 0 heterocycles. The van der Waals surface area contributed by atoms with Crippen LogP contribution in [0.4, 0.5) is 5.69 Å². The Labute approximate surface area is 164 Å². The molecule has 0 aliphatic heterocycles. The number of benzene rings is 2. The number of amides is 1. The molecule has 0 radical (unpaired) electrons. The summed E-state index contributed by atoms with van der Waals surface area (Å²) in [7, 11) is 1.50. The molecule has 1 N–H and O–H groups in total. The third-order valence-electron chi connectivity index (χ3n) is 3.86. The van der Waals surface area contributed by atoms with Crippen molar-refractivity contribution < 1.29 is 14.3 Å². The second kappa shape index (κ2) is 9.65. The van der Waals surface area contributed by atoms with Crippen LogP contribution in [-0.2, 0) is 11.2 Å². The van der Waals surface area contributed by atoms with E-state index in [-0.39, 0.29) is 5.57 Å². The van der Waals surface area contributed by atoms with E-state index in [1.807, 2.05) is 44.2 Å². The van der Waals surface area contributed by atoms with Crippen molar-refractivity contribution in [2.75, 3.05) is 19.0 Å². The van der Waals surface area contributed by atoms with Crippen LogP contribution in [0, 0.1) is 11.3 Å². The van der Waals surface area contributed by atoms with E-state index in [4.69, 9.17) is 21.1 Å². The van der Waals surface area contributed by atoms with Crippen LogP contribution >= 0.6 is 11.6 Å². The predicted molar refractivity (Wildman–Crippen MR) is 107 cm³/mol. The number of carbonyl (C=O) groups is 1. The highest BCUT2D eigenvalue weighted by Gasteiger charge is 2.14. The van der Waals surface area contributed by atoms with Crippen LogP contribution in [0.2, 0.25) is 5.02 Å². The van der Waals surface area contributed by atoms with E-state index in [0.717, 1.165) is 12.0 Å². The topological polar surface area (TPSA) is 71.3 Å². The number of hydrogen-bond donors (Lipinski definition) is 1. The highest BCUT2D eigenvalue weighted by Crippen LogP contribution is 2.37. The average Bonchev–Trinajstić information content (AvgIpc) is 2.68. The van der Waals surface area contributed by atoms with Gasteiger partial charge in [-0.25, -0.2) is 0 Å². The minimum atomic E-state index is -0.484. The zero-order chi connectivity index (χ0) is 19.8. The van der Waals surface area contributed by atoms with Gasteiger partial charge in [-0.1, -0.05) is 36.7 Å². The normalized spacial score (nSPS) is 10.9. The lowest BCUT2D eigenvalue weighted by Crippen LogP contribution is -2.14. The van der Waals surface area contributed by atoms with E-state index in [0.29, 0.717) is 34.4 Å². The van der Waals surface area contributed by atoms with E-state index >= 15 is 0 Å². The Bertz CT molecular complexity index is 901. The maximum atomic E-state index is 12.5. The number of nitrogens with zero attached hydrogens (tertiary/aromatic N) is 1. The Morgan fingerprint density at radius 3 is 2.67 bits per heavy atom. The highest BCUT2D eigenvalue weighted by molar-refractivity contribution is 6.32. The first kappa shape index (κ1) is 20.3. The monoisotopic (exact) mass is 384 g/mol. The zero-order valence-electron chi connectivity index (χ0n) is 15.5. The van der Waals surface area contributed by atoms with Crippen molar-refractivity contribution >= 4 is 29.3 Å². The van der Waals surface area contributed by atoms with Gasteiger partial charge in [-0.05, 0) is 48.7 Å². The van der Waals surface area contributed by atoms with Crippen molar-refractivity contribution in [3.8, 4) is 17.6 Å². The molecule has 0 atom stereocenters. The molecule has 0 saturated heterocycles. The molecule has 0 unspecified atom stereocenters. The lowest BCUT2D eigenvalue weighted by atomic mass is 10.1. The number of hydrogen-bond acceptors (Lipinski definition) is 4. The Hall–Kier alpha value is -2.97. The van der Waals surface area contributed by atoms with Gasteiger partial charge in [-0.2, -0.15) is 5.26 Å². The van der Waals surface area contributed by atoms with Crippen molar-refractivity contribution in [2.45, 2.75) is 20.3 Å². The van der Waals surface area contributed by atoms with Crippen LogP contribution < -0.4 is 14.8 Å². The SMILES string of the molecule is CCOc1c(Cl)cc(/C=C(\C#N)C(=O)Nc2ccccc2CC)cc1OC. The van der Waals surface area contributed by atoms with Crippen molar-refractivity contribution in [1.82, 2.24) is 0 Å². The van der Waals surface area contributed by atoms with Gasteiger partial charge in [-0.3, -0.25) is 4.79 Å². The summed E-state index contributed by atoms with van der Waals surface area (Å²) in [5.41, 5.74) is 2.21. The maximum absolute atomic E-state index is 12.5. The molecule has 5 nitrogen and oxygen atoms in total. The standard InChI is InChI=1S/C21H21ClN2O3/c1-4-15-8-6-7-9-18(15)24-21(25)16(13-23)10-14-11-17(22)20(27-5-2)19(12-14)26-3/h6-12H,4-5H2,1-3H3,(H,24,25)/b16-10+. The lowest BCUT2D eigenvalue weighted by molar-refractivity contribution is -0.112. The van der Waals surface area contributed by atoms with Gasteiger partial charge in [0, 0.05) is 5.69 Å².